The molecule has 164 valence electrons. The molecule has 0 aliphatic carbocycles. The van der Waals surface area contributed by atoms with E-state index in [0.717, 1.165) is 5.56 Å². The Labute approximate surface area is 188 Å². The van der Waals surface area contributed by atoms with Crippen molar-refractivity contribution in [3.63, 3.8) is 0 Å². The predicted molar refractivity (Wildman–Crippen MR) is 124 cm³/mol. The Morgan fingerprint density at radius 2 is 1.53 bits per heavy atom. The molecule has 1 aromatic heterocycles. The molecule has 1 heterocycles. The van der Waals surface area contributed by atoms with Gasteiger partial charge in [0.05, 0.1) is 23.7 Å². The molecule has 0 atom stereocenters. The zero-order valence-corrected chi connectivity index (χ0v) is 18.7. The third kappa shape index (κ3) is 4.53. The summed E-state index contributed by atoms with van der Waals surface area (Å²) in [4.78, 5) is 4.81. The molecule has 32 heavy (non-hydrogen) atoms. The number of hydrogen-bond donors (Lipinski definition) is 0. The fourth-order valence-electron chi connectivity index (χ4n) is 3.32. The van der Waals surface area contributed by atoms with Crippen LogP contribution in [0, 0.1) is 6.92 Å². The van der Waals surface area contributed by atoms with Crippen LogP contribution >= 0.6 is 0 Å². The second-order valence-electron chi connectivity index (χ2n) is 7.14. The van der Waals surface area contributed by atoms with Gasteiger partial charge in [0.15, 0.2) is 0 Å². The van der Waals surface area contributed by atoms with E-state index in [2.05, 4.69) is 4.98 Å². The van der Waals surface area contributed by atoms with Crippen LogP contribution in [-0.2, 0) is 16.6 Å². The fourth-order valence-corrected chi connectivity index (χ4v) is 4.77. The van der Waals surface area contributed by atoms with E-state index in [9.17, 15) is 8.42 Å². The van der Waals surface area contributed by atoms with E-state index >= 15 is 0 Å². The van der Waals surface area contributed by atoms with Gasteiger partial charge in [0.1, 0.15) is 17.2 Å². The van der Waals surface area contributed by atoms with Gasteiger partial charge in [0.25, 0.3) is 10.0 Å². The normalized spacial score (nSPS) is 11.3. The highest BCUT2D eigenvalue weighted by Gasteiger charge is 2.27. The van der Waals surface area contributed by atoms with Crippen molar-refractivity contribution in [1.29, 1.82) is 0 Å². The Hall–Kier alpha value is -3.58. The van der Waals surface area contributed by atoms with Crippen molar-refractivity contribution < 1.29 is 17.6 Å². The summed E-state index contributed by atoms with van der Waals surface area (Å²) in [6.45, 7) is 4.26. The lowest BCUT2D eigenvalue weighted by Crippen LogP contribution is -2.31. The SMILES string of the molecule is CCOc1ccc(N(Cc2nc(-c3ccccc3)oc2C)S(=O)(=O)c2ccccc2)cc1. The van der Waals surface area contributed by atoms with E-state index < -0.39 is 10.0 Å². The molecule has 0 radical (unpaired) electrons. The second kappa shape index (κ2) is 9.28. The van der Waals surface area contributed by atoms with Gasteiger partial charge in [-0.05, 0) is 62.4 Å². The van der Waals surface area contributed by atoms with Crippen LogP contribution in [0.4, 0.5) is 5.69 Å². The highest BCUT2D eigenvalue weighted by atomic mass is 32.2. The molecule has 0 saturated carbocycles. The summed E-state index contributed by atoms with van der Waals surface area (Å²) in [5, 5.41) is 0. The third-order valence-corrected chi connectivity index (χ3v) is 6.76. The summed E-state index contributed by atoms with van der Waals surface area (Å²) >= 11 is 0. The van der Waals surface area contributed by atoms with Gasteiger partial charge in [0.2, 0.25) is 5.89 Å². The molecule has 4 rings (SSSR count). The minimum atomic E-state index is -3.84. The van der Waals surface area contributed by atoms with Crippen LogP contribution in [0.15, 0.2) is 94.2 Å². The van der Waals surface area contributed by atoms with E-state index in [1.54, 1.807) is 61.5 Å². The predicted octanol–water partition coefficient (Wildman–Crippen LogP) is 5.44. The molecule has 0 fully saturated rings. The maximum absolute atomic E-state index is 13.6. The summed E-state index contributed by atoms with van der Waals surface area (Å²) in [6.07, 6.45) is 0. The van der Waals surface area contributed by atoms with E-state index in [1.807, 2.05) is 37.3 Å². The maximum Gasteiger partial charge on any atom is 0.264 e. The smallest absolute Gasteiger partial charge is 0.264 e. The van der Waals surface area contributed by atoms with Crippen molar-refractivity contribution in [1.82, 2.24) is 4.98 Å². The number of nitrogens with zero attached hydrogens (tertiary/aromatic N) is 2. The number of aryl methyl sites for hydroxylation is 1. The molecule has 0 aliphatic heterocycles. The third-order valence-electron chi connectivity index (χ3n) is 4.97. The van der Waals surface area contributed by atoms with Gasteiger partial charge < -0.3 is 9.15 Å². The van der Waals surface area contributed by atoms with Crippen LogP contribution in [-0.4, -0.2) is 20.0 Å². The molecule has 6 nitrogen and oxygen atoms in total. The zero-order valence-electron chi connectivity index (χ0n) is 17.9. The number of hydrogen-bond acceptors (Lipinski definition) is 5. The highest BCUT2D eigenvalue weighted by Crippen LogP contribution is 2.30. The maximum atomic E-state index is 13.6. The van der Waals surface area contributed by atoms with Gasteiger partial charge >= 0.3 is 0 Å². The minimum Gasteiger partial charge on any atom is -0.494 e. The first-order valence-corrected chi connectivity index (χ1v) is 11.8. The number of anilines is 1. The lowest BCUT2D eigenvalue weighted by molar-refractivity contribution is 0.340. The van der Waals surface area contributed by atoms with Crippen molar-refractivity contribution in [2.24, 2.45) is 0 Å². The molecule has 0 spiro atoms. The molecule has 4 aromatic rings. The molecule has 0 amide bonds. The topological polar surface area (TPSA) is 72.6 Å². The zero-order chi connectivity index (χ0) is 22.6. The van der Waals surface area contributed by atoms with Crippen molar-refractivity contribution in [3.05, 3.63) is 96.4 Å². The molecular weight excluding hydrogens is 424 g/mol. The van der Waals surface area contributed by atoms with Crippen molar-refractivity contribution >= 4 is 15.7 Å². The van der Waals surface area contributed by atoms with E-state index in [0.29, 0.717) is 35.4 Å². The Morgan fingerprint density at radius 3 is 2.16 bits per heavy atom. The van der Waals surface area contributed by atoms with Crippen LogP contribution in [0.5, 0.6) is 5.75 Å². The number of ether oxygens (including phenoxy) is 1. The van der Waals surface area contributed by atoms with E-state index in [1.165, 1.54) is 4.31 Å². The summed E-state index contributed by atoms with van der Waals surface area (Å²) in [6, 6.07) is 24.9. The van der Waals surface area contributed by atoms with Crippen molar-refractivity contribution in [3.8, 4) is 17.2 Å². The largest absolute Gasteiger partial charge is 0.494 e. The molecule has 0 N–H and O–H groups in total. The average Bonchev–Trinajstić information content (AvgIpc) is 3.20. The van der Waals surface area contributed by atoms with Crippen LogP contribution in [0.1, 0.15) is 18.4 Å². The lowest BCUT2D eigenvalue weighted by Gasteiger charge is -2.24. The molecule has 3 aromatic carbocycles. The molecular formula is C25H24N2O4S. The van der Waals surface area contributed by atoms with Crippen LogP contribution in [0.25, 0.3) is 11.5 Å². The first kappa shape index (κ1) is 21.6. The van der Waals surface area contributed by atoms with Gasteiger partial charge in [-0.1, -0.05) is 36.4 Å². The van der Waals surface area contributed by atoms with Gasteiger partial charge in [-0.25, -0.2) is 13.4 Å². The summed E-state index contributed by atoms with van der Waals surface area (Å²) in [5.41, 5.74) is 1.90. The van der Waals surface area contributed by atoms with Crippen LogP contribution in [0.3, 0.4) is 0 Å². The Morgan fingerprint density at radius 1 is 0.906 bits per heavy atom. The number of sulfonamides is 1. The Balaban J connectivity index is 1.74. The number of oxazole rings is 1. The molecule has 0 bridgehead atoms. The van der Waals surface area contributed by atoms with Crippen molar-refractivity contribution in [2.75, 3.05) is 10.9 Å². The molecule has 0 saturated heterocycles. The second-order valence-corrected chi connectivity index (χ2v) is 9.00. The summed E-state index contributed by atoms with van der Waals surface area (Å²) in [5.74, 6) is 1.71. The monoisotopic (exact) mass is 448 g/mol. The lowest BCUT2D eigenvalue weighted by atomic mass is 10.2. The van der Waals surface area contributed by atoms with E-state index in [-0.39, 0.29) is 11.4 Å². The standard InChI is InChI=1S/C25H24N2O4S/c1-3-30-22-16-14-21(15-17-22)27(32(28,29)23-12-8-5-9-13-23)18-24-19(2)31-25(26-24)20-10-6-4-7-11-20/h4-17H,3,18H2,1-2H3. The number of rotatable bonds is 8. The van der Waals surface area contributed by atoms with Gasteiger partial charge in [-0.15, -0.1) is 0 Å². The first-order valence-electron chi connectivity index (χ1n) is 10.3. The molecule has 0 aliphatic rings. The molecule has 7 heteroatoms. The van der Waals surface area contributed by atoms with Crippen LogP contribution in [0.2, 0.25) is 0 Å². The summed E-state index contributed by atoms with van der Waals surface area (Å²) < 4.78 is 39.8. The van der Waals surface area contributed by atoms with Crippen LogP contribution < -0.4 is 9.04 Å². The fraction of sp³-hybridized carbons (Fsp3) is 0.160. The average molecular weight is 449 g/mol. The number of aromatic nitrogens is 1. The van der Waals surface area contributed by atoms with Gasteiger partial charge in [-0.2, -0.15) is 0 Å². The van der Waals surface area contributed by atoms with Gasteiger partial charge in [0, 0.05) is 5.56 Å². The molecule has 0 unspecified atom stereocenters. The first-order chi connectivity index (χ1) is 15.5. The Bertz CT molecular complexity index is 1270. The van der Waals surface area contributed by atoms with Crippen molar-refractivity contribution in [2.45, 2.75) is 25.3 Å². The minimum absolute atomic E-state index is 0.0351. The summed E-state index contributed by atoms with van der Waals surface area (Å²) in [7, 11) is -3.84. The Kier molecular flexibility index (Phi) is 6.28. The quantitative estimate of drug-likeness (QED) is 0.359. The highest BCUT2D eigenvalue weighted by molar-refractivity contribution is 7.92. The van der Waals surface area contributed by atoms with Gasteiger partial charge in [-0.3, -0.25) is 4.31 Å². The van der Waals surface area contributed by atoms with E-state index in [4.69, 9.17) is 9.15 Å². The number of benzene rings is 3.